The fourth-order valence-corrected chi connectivity index (χ4v) is 1.60. The van der Waals surface area contributed by atoms with E-state index in [4.69, 9.17) is 0 Å². The van der Waals surface area contributed by atoms with Crippen molar-refractivity contribution in [2.24, 2.45) is 0 Å². The molecule has 1 unspecified atom stereocenters. The van der Waals surface area contributed by atoms with Gasteiger partial charge in [0.1, 0.15) is 0 Å². The number of alkyl halides is 3. The van der Waals surface area contributed by atoms with E-state index in [0.717, 1.165) is 11.4 Å². The van der Waals surface area contributed by atoms with Gasteiger partial charge in [-0.3, -0.25) is 0 Å². The molecule has 7 heteroatoms. The van der Waals surface area contributed by atoms with E-state index in [0.29, 0.717) is 0 Å². The van der Waals surface area contributed by atoms with Crippen LogP contribution >= 0.6 is 15.9 Å². The molecule has 0 heterocycles. The molecular weight excluding hydrogens is 327 g/mol. The maximum absolute atomic E-state index is 13.1. The van der Waals surface area contributed by atoms with E-state index >= 15 is 0 Å². The second-order valence-corrected chi connectivity index (χ2v) is 4.89. The van der Waals surface area contributed by atoms with Crippen LogP contribution in [0.4, 0.5) is 18.9 Å². The first-order chi connectivity index (χ1) is 8.70. The topological polar surface area (TPSA) is 38.3 Å². The Morgan fingerprint density at radius 3 is 2.26 bits per heavy atom. The minimum Gasteiger partial charge on any atom is -0.464 e. The Hall–Kier alpha value is -1.24. The van der Waals surface area contributed by atoms with Crippen molar-refractivity contribution >= 4 is 27.6 Å². The Morgan fingerprint density at radius 1 is 1.32 bits per heavy atom. The van der Waals surface area contributed by atoms with Gasteiger partial charge in [-0.2, -0.15) is 13.2 Å². The third kappa shape index (κ3) is 3.62. The van der Waals surface area contributed by atoms with E-state index in [1.54, 1.807) is 12.1 Å². The number of hydrogen-bond acceptors (Lipinski definition) is 3. The first-order valence-corrected chi connectivity index (χ1v) is 6.27. The number of ether oxygens (including phenoxy) is 1. The van der Waals surface area contributed by atoms with Crippen molar-refractivity contribution in [1.29, 1.82) is 0 Å². The molecule has 0 saturated carbocycles. The number of hydrogen-bond donors (Lipinski definition) is 1. The predicted octanol–water partition coefficient (Wildman–Crippen LogP) is 3.75. The van der Waals surface area contributed by atoms with Gasteiger partial charge in [-0.15, -0.1) is 0 Å². The number of halogens is 4. The van der Waals surface area contributed by atoms with Gasteiger partial charge in [0.2, 0.25) is 5.54 Å². The summed E-state index contributed by atoms with van der Waals surface area (Å²) in [4.78, 5) is 11.6. The van der Waals surface area contributed by atoms with Crippen molar-refractivity contribution in [1.82, 2.24) is 0 Å². The average Bonchev–Trinajstić information content (AvgIpc) is 2.31. The number of carbonyl (C=O) groups excluding carboxylic acids is 1. The van der Waals surface area contributed by atoms with Gasteiger partial charge >= 0.3 is 12.1 Å². The molecule has 0 radical (unpaired) electrons. The standard InChI is InChI=1S/C12H13BrF3NO2/c1-3-19-10(18)11(2,12(14,15)16)17-9-6-4-8(13)5-7-9/h4-7,17H,3H2,1-2H3. The van der Waals surface area contributed by atoms with Gasteiger partial charge in [-0.1, -0.05) is 15.9 Å². The van der Waals surface area contributed by atoms with Crippen LogP contribution in [0, 0.1) is 0 Å². The second-order valence-electron chi connectivity index (χ2n) is 3.98. The minimum absolute atomic E-state index is 0.119. The summed E-state index contributed by atoms with van der Waals surface area (Å²) in [5.74, 6) is -1.36. The van der Waals surface area contributed by atoms with Crippen LogP contribution in [0.1, 0.15) is 13.8 Å². The summed E-state index contributed by atoms with van der Waals surface area (Å²) in [6.45, 7) is 2.09. The van der Waals surface area contributed by atoms with Crippen LogP contribution in [-0.4, -0.2) is 24.3 Å². The number of benzene rings is 1. The molecular formula is C12H13BrF3NO2. The molecule has 3 nitrogen and oxygen atoms in total. The number of carbonyl (C=O) groups is 1. The predicted molar refractivity (Wildman–Crippen MR) is 68.9 cm³/mol. The largest absolute Gasteiger partial charge is 0.464 e. The molecule has 1 atom stereocenters. The van der Waals surface area contributed by atoms with Crippen molar-refractivity contribution in [2.45, 2.75) is 25.6 Å². The Kier molecular flexibility index (Phi) is 4.84. The first kappa shape index (κ1) is 15.8. The van der Waals surface area contributed by atoms with Gasteiger partial charge in [-0.25, -0.2) is 4.79 Å². The zero-order chi connectivity index (χ0) is 14.7. The molecule has 0 fully saturated rings. The molecule has 0 amide bonds. The molecule has 1 N–H and O–H groups in total. The molecule has 0 aliphatic rings. The van der Waals surface area contributed by atoms with Crippen LogP contribution in [0.25, 0.3) is 0 Å². The number of esters is 1. The normalized spacial score (nSPS) is 14.6. The highest BCUT2D eigenvalue weighted by atomic mass is 79.9. The van der Waals surface area contributed by atoms with Crippen molar-refractivity contribution in [2.75, 3.05) is 11.9 Å². The average molecular weight is 340 g/mol. The molecule has 0 aliphatic heterocycles. The molecule has 0 saturated heterocycles. The van der Waals surface area contributed by atoms with Gasteiger partial charge in [0.25, 0.3) is 0 Å². The maximum atomic E-state index is 13.1. The third-order valence-electron chi connectivity index (χ3n) is 2.49. The van der Waals surface area contributed by atoms with Crippen molar-refractivity contribution < 1.29 is 22.7 Å². The highest BCUT2D eigenvalue weighted by Gasteiger charge is 2.58. The van der Waals surface area contributed by atoms with Gasteiger partial charge in [0.15, 0.2) is 0 Å². The number of nitrogens with one attached hydrogen (secondary N) is 1. The summed E-state index contributed by atoms with van der Waals surface area (Å²) in [5, 5.41) is 2.19. The fourth-order valence-electron chi connectivity index (χ4n) is 1.33. The van der Waals surface area contributed by atoms with Crippen LogP contribution in [0.15, 0.2) is 28.7 Å². The summed E-state index contributed by atoms with van der Waals surface area (Å²) in [7, 11) is 0. The van der Waals surface area contributed by atoms with Crippen LogP contribution < -0.4 is 5.32 Å². The maximum Gasteiger partial charge on any atom is 0.422 e. The molecule has 1 aromatic carbocycles. The Morgan fingerprint density at radius 2 is 1.84 bits per heavy atom. The van der Waals surface area contributed by atoms with E-state index < -0.39 is 17.7 Å². The van der Waals surface area contributed by atoms with Crippen molar-refractivity contribution in [3.8, 4) is 0 Å². The number of anilines is 1. The van der Waals surface area contributed by atoms with Gasteiger partial charge < -0.3 is 10.1 Å². The van der Waals surface area contributed by atoms with E-state index in [2.05, 4.69) is 26.0 Å². The highest BCUT2D eigenvalue weighted by Crippen LogP contribution is 2.34. The molecule has 0 bridgehead atoms. The molecule has 19 heavy (non-hydrogen) atoms. The molecule has 1 rings (SSSR count). The van der Waals surface area contributed by atoms with Gasteiger partial charge in [-0.05, 0) is 38.1 Å². The lowest BCUT2D eigenvalue weighted by molar-refractivity contribution is -0.196. The van der Waals surface area contributed by atoms with Gasteiger partial charge in [0.05, 0.1) is 6.61 Å². The van der Waals surface area contributed by atoms with E-state index in [-0.39, 0.29) is 12.3 Å². The lowest BCUT2D eigenvalue weighted by Gasteiger charge is -2.31. The zero-order valence-corrected chi connectivity index (χ0v) is 11.9. The summed E-state index contributed by atoms with van der Waals surface area (Å²) in [5.41, 5.74) is -2.60. The first-order valence-electron chi connectivity index (χ1n) is 5.48. The minimum atomic E-state index is -4.77. The van der Waals surface area contributed by atoms with E-state index in [9.17, 15) is 18.0 Å². The summed E-state index contributed by atoms with van der Waals surface area (Å²) in [6.07, 6.45) is -4.77. The van der Waals surface area contributed by atoms with Crippen LogP contribution in [0.5, 0.6) is 0 Å². The van der Waals surface area contributed by atoms with Crippen LogP contribution in [-0.2, 0) is 9.53 Å². The molecule has 1 aromatic rings. The summed E-state index contributed by atoms with van der Waals surface area (Å²) < 4.78 is 44.4. The SMILES string of the molecule is CCOC(=O)C(C)(Nc1ccc(Br)cc1)C(F)(F)F. The molecule has 0 aliphatic carbocycles. The summed E-state index contributed by atoms with van der Waals surface area (Å²) in [6, 6.07) is 6.02. The molecule has 0 aromatic heterocycles. The fraction of sp³-hybridized carbons (Fsp3) is 0.417. The molecule has 0 spiro atoms. The Balaban J connectivity index is 3.05. The highest BCUT2D eigenvalue weighted by molar-refractivity contribution is 9.10. The van der Waals surface area contributed by atoms with Crippen LogP contribution in [0.3, 0.4) is 0 Å². The number of rotatable bonds is 4. The van der Waals surface area contributed by atoms with E-state index in [1.807, 2.05) is 0 Å². The smallest absolute Gasteiger partial charge is 0.422 e. The summed E-state index contributed by atoms with van der Waals surface area (Å²) >= 11 is 3.18. The Bertz CT molecular complexity index is 447. The third-order valence-corrected chi connectivity index (χ3v) is 3.02. The monoisotopic (exact) mass is 339 g/mol. The molecule has 106 valence electrons. The second kappa shape index (κ2) is 5.81. The quantitative estimate of drug-likeness (QED) is 0.849. The van der Waals surface area contributed by atoms with Gasteiger partial charge in [0, 0.05) is 10.2 Å². The zero-order valence-electron chi connectivity index (χ0n) is 10.3. The lowest BCUT2D eigenvalue weighted by atomic mass is 10.0. The van der Waals surface area contributed by atoms with E-state index in [1.165, 1.54) is 19.1 Å². The lowest BCUT2D eigenvalue weighted by Crippen LogP contribution is -2.56. The Labute approximate surface area is 117 Å². The van der Waals surface area contributed by atoms with Crippen molar-refractivity contribution in [3.63, 3.8) is 0 Å². The van der Waals surface area contributed by atoms with Crippen molar-refractivity contribution in [3.05, 3.63) is 28.7 Å². The van der Waals surface area contributed by atoms with Crippen LogP contribution in [0.2, 0.25) is 0 Å².